The van der Waals surface area contributed by atoms with E-state index in [1.807, 2.05) is 37.3 Å². The fraction of sp³-hybridized carbons (Fsp3) is 0.250. The number of hydrogen-bond acceptors (Lipinski definition) is 5. The molecule has 1 amide bonds. The second kappa shape index (κ2) is 9.71. The number of rotatable bonds is 8. The molecule has 3 rings (SSSR count). The van der Waals surface area contributed by atoms with Gasteiger partial charge in [-0.25, -0.2) is 0 Å². The first-order valence-corrected chi connectivity index (χ1v) is 10.0. The van der Waals surface area contributed by atoms with Crippen molar-refractivity contribution in [1.82, 2.24) is 10.1 Å². The standard InChI is InChI=1S/C20H19BrClN3O3/c1-2-27-19-15(21)11-14(22)12-16(19)23-17(26)9-6-10-18-24-20(25-28-18)13-7-4-3-5-8-13/h3-5,7-8,11-12H,2,6,9-10H2,1H3,(H,23,26). The van der Waals surface area contributed by atoms with E-state index in [1.165, 1.54) is 0 Å². The fourth-order valence-electron chi connectivity index (χ4n) is 2.62. The number of halogens is 2. The summed E-state index contributed by atoms with van der Waals surface area (Å²) in [5.74, 6) is 1.47. The van der Waals surface area contributed by atoms with Crippen LogP contribution in [-0.4, -0.2) is 22.7 Å². The zero-order valence-electron chi connectivity index (χ0n) is 15.2. The first kappa shape index (κ1) is 20.4. The number of carbonyl (C=O) groups excluding carboxylic acids is 1. The molecular weight excluding hydrogens is 446 g/mol. The van der Waals surface area contributed by atoms with Crippen LogP contribution in [0.3, 0.4) is 0 Å². The third kappa shape index (κ3) is 5.33. The van der Waals surface area contributed by atoms with E-state index in [0.717, 1.165) is 5.56 Å². The second-order valence-corrected chi connectivity index (χ2v) is 7.27. The molecule has 1 aromatic heterocycles. The number of aryl methyl sites for hydroxylation is 1. The number of benzene rings is 2. The van der Waals surface area contributed by atoms with Crippen LogP contribution in [0, 0.1) is 0 Å². The lowest BCUT2D eigenvalue weighted by atomic mass is 10.2. The molecule has 0 aliphatic rings. The van der Waals surface area contributed by atoms with Gasteiger partial charge in [-0.1, -0.05) is 47.1 Å². The van der Waals surface area contributed by atoms with Gasteiger partial charge in [-0.15, -0.1) is 0 Å². The van der Waals surface area contributed by atoms with Gasteiger partial charge in [0.25, 0.3) is 0 Å². The number of nitrogens with zero attached hydrogens (tertiary/aromatic N) is 2. The fourth-order valence-corrected chi connectivity index (χ4v) is 3.54. The Kier molecular flexibility index (Phi) is 7.06. The van der Waals surface area contributed by atoms with Crippen molar-refractivity contribution in [2.24, 2.45) is 0 Å². The second-order valence-electron chi connectivity index (χ2n) is 5.98. The van der Waals surface area contributed by atoms with E-state index >= 15 is 0 Å². The van der Waals surface area contributed by atoms with Gasteiger partial charge in [0, 0.05) is 23.4 Å². The summed E-state index contributed by atoms with van der Waals surface area (Å²) in [7, 11) is 0. The molecule has 1 heterocycles. The molecule has 0 fully saturated rings. The highest BCUT2D eigenvalue weighted by Crippen LogP contribution is 2.36. The van der Waals surface area contributed by atoms with E-state index in [1.54, 1.807) is 12.1 Å². The quantitative estimate of drug-likeness (QED) is 0.475. The van der Waals surface area contributed by atoms with Gasteiger partial charge in [-0.2, -0.15) is 4.98 Å². The zero-order valence-corrected chi connectivity index (χ0v) is 17.6. The van der Waals surface area contributed by atoms with E-state index < -0.39 is 0 Å². The first-order chi connectivity index (χ1) is 13.6. The van der Waals surface area contributed by atoms with E-state index in [9.17, 15) is 4.79 Å². The summed E-state index contributed by atoms with van der Waals surface area (Å²) < 4.78 is 11.5. The summed E-state index contributed by atoms with van der Waals surface area (Å²) >= 11 is 9.48. The molecule has 0 aliphatic carbocycles. The first-order valence-electron chi connectivity index (χ1n) is 8.86. The zero-order chi connectivity index (χ0) is 19.9. The molecule has 8 heteroatoms. The van der Waals surface area contributed by atoms with Crippen LogP contribution in [0.25, 0.3) is 11.4 Å². The van der Waals surface area contributed by atoms with Crippen LogP contribution < -0.4 is 10.1 Å². The van der Waals surface area contributed by atoms with Crippen molar-refractivity contribution in [3.05, 3.63) is 57.9 Å². The predicted octanol–water partition coefficient (Wildman–Crippen LogP) is 5.51. The largest absolute Gasteiger partial charge is 0.491 e. The van der Waals surface area contributed by atoms with Gasteiger partial charge in [0.05, 0.1) is 16.8 Å². The lowest BCUT2D eigenvalue weighted by Crippen LogP contribution is -2.13. The normalized spacial score (nSPS) is 10.7. The maximum absolute atomic E-state index is 12.3. The molecule has 28 heavy (non-hydrogen) atoms. The lowest BCUT2D eigenvalue weighted by Gasteiger charge is -2.13. The summed E-state index contributed by atoms with van der Waals surface area (Å²) in [6.45, 7) is 2.35. The van der Waals surface area contributed by atoms with Crippen LogP contribution in [0.5, 0.6) is 5.75 Å². The van der Waals surface area contributed by atoms with E-state index in [0.29, 0.717) is 58.5 Å². The van der Waals surface area contributed by atoms with Gasteiger partial charge in [-0.05, 0) is 41.4 Å². The Morgan fingerprint density at radius 1 is 1.29 bits per heavy atom. The summed E-state index contributed by atoms with van der Waals surface area (Å²) in [5.41, 5.74) is 1.43. The number of aromatic nitrogens is 2. The minimum Gasteiger partial charge on any atom is -0.491 e. The Morgan fingerprint density at radius 3 is 2.82 bits per heavy atom. The van der Waals surface area contributed by atoms with Crippen molar-refractivity contribution in [2.45, 2.75) is 26.2 Å². The van der Waals surface area contributed by atoms with Crippen molar-refractivity contribution < 1.29 is 14.1 Å². The summed E-state index contributed by atoms with van der Waals surface area (Å²) in [6.07, 6.45) is 1.40. The Morgan fingerprint density at radius 2 is 2.07 bits per heavy atom. The van der Waals surface area contributed by atoms with E-state index in [-0.39, 0.29) is 5.91 Å². The number of carbonyl (C=O) groups is 1. The van der Waals surface area contributed by atoms with Gasteiger partial charge in [0.2, 0.25) is 17.6 Å². The molecule has 1 N–H and O–H groups in total. The number of ether oxygens (including phenoxy) is 1. The monoisotopic (exact) mass is 463 g/mol. The molecule has 0 aliphatic heterocycles. The van der Waals surface area contributed by atoms with E-state index in [2.05, 4.69) is 31.4 Å². The maximum Gasteiger partial charge on any atom is 0.226 e. The van der Waals surface area contributed by atoms with Crippen LogP contribution in [0.4, 0.5) is 5.69 Å². The van der Waals surface area contributed by atoms with Crippen molar-refractivity contribution in [1.29, 1.82) is 0 Å². The van der Waals surface area contributed by atoms with Crippen LogP contribution >= 0.6 is 27.5 Å². The highest BCUT2D eigenvalue weighted by atomic mass is 79.9. The van der Waals surface area contributed by atoms with Crippen LogP contribution in [0.2, 0.25) is 5.02 Å². The van der Waals surface area contributed by atoms with Gasteiger partial charge in [0.1, 0.15) is 0 Å². The SMILES string of the molecule is CCOc1c(Br)cc(Cl)cc1NC(=O)CCCc1nc(-c2ccccc2)no1. The molecule has 6 nitrogen and oxygen atoms in total. The molecule has 0 unspecified atom stereocenters. The summed E-state index contributed by atoms with van der Waals surface area (Å²) in [6, 6.07) is 13.0. The van der Waals surface area contributed by atoms with Crippen LogP contribution in [0.1, 0.15) is 25.7 Å². The van der Waals surface area contributed by atoms with Gasteiger partial charge in [0.15, 0.2) is 5.75 Å². The maximum atomic E-state index is 12.3. The van der Waals surface area contributed by atoms with Crippen LogP contribution in [0.15, 0.2) is 51.5 Å². The molecular formula is C20H19BrClN3O3. The molecule has 0 saturated carbocycles. The minimum atomic E-state index is -0.141. The van der Waals surface area contributed by atoms with Gasteiger partial charge >= 0.3 is 0 Å². The molecule has 0 bridgehead atoms. The number of hydrogen-bond donors (Lipinski definition) is 1. The Labute approximate surface area is 176 Å². The lowest BCUT2D eigenvalue weighted by molar-refractivity contribution is -0.116. The molecule has 146 valence electrons. The Bertz CT molecular complexity index is 947. The molecule has 0 spiro atoms. The molecule has 0 saturated heterocycles. The summed E-state index contributed by atoms with van der Waals surface area (Å²) in [4.78, 5) is 16.7. The third-order valence-electron chi connectivity index (χ3n) is 3.87. The van der Waals surface area contributed by atoms with Crippen molar-refractivity contribution in [2.75, 3.05) is 11.9 Å². The molecule has 0 atom stereocenters. The van der Waals surface area contributed by atoms with Gasteiger partial charge < -0.3 is 14.6 Å². The highest BCUT2D eigenvalue weighted by molar-refractivity contribution is 9.10. The smallest absolute Gasteiger partial charge is 0.226 e. The topological polar surface area (TPSA) is 77.2 Å². The average Bonchev–Trinajstić information content (AvgIpc) is 3.14. The number of anilines is 1. The third-order valence-corrected chi connectivity index (χ3v) is 4.67. The number of amides is 1. The Hall–Kier alpha value is -2.38. The van der Waals surface area contributed by atoms with Crippen molar-refractivity contribution in [3.63, 3.8) is 0 Å². The van der Waals surface area contributed by atoms with Gasteiger partial charge in [-0.3, -0.25) is 4.79 Å². The van der Waals surface area contributed by atoms with Crippen LogP contribution in [-0.2, 0) is 11.2 Å². The Balaban J connectivity index is 1.55. The van der Waals surface area contributed by atoms with Crippen molar-refractivity contribution >= 4 is 39.1 Å². The molecule has 2 aromatic carbocycles. The highest BCUT2D eigenvalue weighted by Gasteiger charge is 2.14. The molecule has 3 aromatic rings. The minimum absolute atomic E-state index is 0.141. The number of nitrogens with one attached hydrogen (secondary N) is 1. The molecule has 0 radical (unpaired) electrons. The summed E-state index contributed by atoms with van der Waals surface area (Å²) in [5, 5.41) is 7.33. The van der Waals surface area contributed by atoms with Crippen molar-refractivity contribution in [3.8, 4) is 17.1 Å². The predicted molar refractivity (Wildman–Crippen MR) is 112 cm³/mol. The van der Waals surface area contributed by atoms with E-state index in [4.69, 9.17) is 20.9 Å². The average molecular weight is 465 g/mol.